The van der Waals surface area contributed by atoms with Crippen molar-refractivity contribution in [2.75, 3.05) is 0 Å². The Balaban J connectivity index is 1.59. The lowest BCUT2D eigenvalue weighted by Gasteiger charge is -2.15. The third-order valence-corrected chi connectivity index (χ3v) is 10.1. The van der Waals surface area contributed by atoms with Gasteiger partial charge in [-0.15, -0.1) is 34.0 Å². The molecule has 0 aliphatic carbocycles. The van der Waals surface area contributed by atoms with Crippen molar-refractivity contribution in [3.05, 3.63) is 119 Å². The van der Waals surface area contributed by atoms with Gasteiger partial charge in [-0.1, -0.05) is 86.6 Å². The summed E-state index contributed by atoms with van der Waals surface area (Å²) in [5.41, 5.74) is 9.01. The van der Waals surface area contributed by atoms with Gasteiger partial charge < -0.3 is 0 Å². The van der Waals surface area contributed by atoms with E-state index < -0.39 is 0 Å². The predicted octanol–water partition coefficient (Wildman–Crippen LogP) is 11.6. The lowest BCUT2D eigenvalue weighted by atomic mass is 9.90. The van der Waals surface area contributed by atoms with Gasteiger partial charge in [0, 0.05) is 25.1 Å². The predicted molar refractivity (Wildman–Crippen MR) is 166 cm³/mol. The van der Waals surface area contributed by atoms with Gasteiger partial charge in [0.15, 0.2) is 0 Å². The molecule has 3 heteroatoms. The molecule has 0 spiro atoms. The fourth-order valence-electron chi connectivity index (χ4n) is 4.75. The van der Waals surface area contributed by atoms with Crippen LogP contribution in [-0.4, -0.2) is 0 Å². The zero-order valence-corrected chi connectivity index (χ0v) is 23.6. The van der Waals surface area contributed by atoms with Crippen molar-refractivity contribution in [3.8, 4) is 52.9 Å². The second-order valence-electron chi connectivity index (χ2n) is 9.64. The third kappa shape index (κ3) is 4.87. The molecule has 0 saturated carbocycles. The summed E-state index contributed by atoms with van der Waals surface area (Å²) in [6.07, 6.45) is 0. The van der Waals surface area contributed by atoms with Crippen molar-refractivity contribution >= 4 is 34.0 Å². The molecule has 6 rings (SSSR count). The summed E-state index contributed by atoms with van der Waals surface area (Å²) in [4.78, 5) is 6.69. The lowest BCUT2D eigenvalue weighted by molar-refractivity contribution is 0.867. The summed E-state index contributed by atoms with van der Waals surface area (Å²) in [7, 11) is 0. The van der Waals surface area contributed by atoms with Crippen molar-refractivity contribution < 1.29 is 0 Å². The van der Waals surface area contributed by atoms with Crippen LogP contribution in [0, 0.1) is 6.92 Å². The Hall–Kier alpha value is -3.24. The van der Waals surface area contributed by atoms with Crippen molar-refractivity contribution in [2.24, 2.45) is 0 Å². The maximum absolute atomic E-state index is 2.41. The molecule has 6 aromatic rings. The number of aryl methyl sites for hydroxylation is 1. The fourth-order valence-corrected chi connectivity index (χ4v) is 7.74. The van der Waals surface area contributed by atoms with Gasteiger partial charge in [0.25, 0.3) is 0 Å². The summed E-state index contributed by atoms with van der Waals surface area (Å²) >= 11 is 5.61. The molecule has 0 saturated heterocycles. The Morgan fingerprint density at radius 1 is 0.541 bits per heavy atom. The van der Waals surface area contributed by atoms with E-state index >= 15 is 0 Å². The summed E-state index contributed by atoms with van der Waals surface area (Å²) in [6.45, 7) is 6.70. The number of hydrogen-bond acceptors (Lipinski definition) is 3. The van der Waals surface area contributed by atoms with Crippen LogP contribution in [0.4, 0.5) is 0 Å². The fraction of sp³-hybridized carbons (Fsp3) is 0.118. The van der Waals surface area contributed by atoms with E-state index in [2.05, 4.69) is 129 Å². The first-order valence-electron chi connectivity index (χ1n) is 12.6. The molecule has 0 N–H and O–H groups in total. The second-order valence-corrected chi connectivity index (χ2v) is 12.9. The smallest absolute Gasteiger partial charge is 0.0528 e. The van der Waals surface area contributed by atoms with Crippen LogP contribution in [0.2, 0.25) is 0 Å². The van der Waals surface area contributed by atoms with Crippen molar-refractivity contribution in [1.29, 1.82) is 0 Å². The highest BCUT2D eigenvalue weighted by molar-refractivity contribution is 7.26. The molecule has 0 bridgehead atoms. The standard InChI is InChI=1S/C34H28S3/c1-22(2)24-12-14-26(15-13-24)28-17-16-27(25-8-5-4-6-9-25)20-29(28)30-21-33(31-10-7-19-35-31)37-34(30)32-18-11-23(3)36-32/h4-22H,1-3H3. The van der Waals surface area contributed by atoms with Crippen LogP contribution in [-0.2, 0) is 0 Å². The minimum absolute atomic E-state index is 0.521. The molecule has 182 valence electrons. The van der Waals surface area contributed by atoms with Gasteiger partial charge >= 0.3 is 0 Å². The van der Waals surface area contributed by atoms with Crippen molar-refractivity contribution in [1.82, 2.24) is 0 Å². The molecule has 3 aromatic heterocycles. The second kappa shape index (κ2) is 10.3. The Morgan fingerprint density at radius 2 is 1.32 bits per heavy atom. The van der Waals surface area contributed by atoms with Gasteiger partial charge in [-0.3, -0.25) is 0 Å². The lowest BCUT2D eigenvalue weighted by Crippen LogP contribution is -1.90. The van der Waals surface area contributed by atoms with Crippen LogP contribution in [0.1, 0.15) is 30.2 Å². The van der Waals surface area contributed by atoms with E-state index in [1.807, 2.05) is 34.0 Å². The quantitative estimate of drug-likeness (QED) is 0.200. The molecule has 0 radical (unpaired) electrons. The number of benzene rings is 3. The number of hydrogen-bond donors (Lipinski definition) is 0. The van der Waals surface area contributed by atoms with Crippen LogP contribution in [0.5, 0.6) is 0 Å². The molecule has 0 aliphatic heterocycles. The molecule has 37 heavy (non-hydrogen) atoms. The average molecular weight is 533 g/mol. The van der Waals surface area contributed by atoms with E-state index in [1.54, 1.807) is 0 Å². The largest absolute Gasteiger partial charge is 0.143 e. The van der Waals surface area contributed by atoms with Crippen molar-refractivity contribution in [3.63, 3.8) is 0 Å². The molecule has 0 unspecified atom stereocenters. The number of rotatable bonds is 6. The first-order valence-corrected chi connectivity index (χ1v) is 15.1. The zero-order chi connectivity index (χ0) is 25.4. The van der Waals surface area contributed by atoms with Gasteiger partial charge in [0.1, 0.15) is 0 Å². The summed E-state index contributed by atoms with van der Waals surface area (Å²) < 4.78 is 0. The first kappa shape index (κ1) is 24.1. The van der Waals surface area contributed by atoms with Gasteiger partial charge in [-0.05, 0) is 81.9 Å². The minimum atomic E-state index is 0.521. The zero-order valence-electron chi connectivity index (χ0n) is 21.2. The van der Waals surface area contributed by atoms with E-state index in [4.69, 9.17) is 0 Å². The van der Waals surface area contributed by atoms with Gasteiger partial charge in [-0.2, -0.15) is 0 Å². The van der Waals surface area contributed by atoms with Gasteiger partial charge in [0.2, 0.25) is 0 Å². The van der Waals surface area contributed by atoms with E-state index in [0.717, 1.165) is 0 Å². The van der Waals surface area contributed by atoms with E-state index in [9.17, 15) is 0 Å². The SMILES string of the molecule is Cc1ccc(-c2sc(-c3cccs3)cc2-c2cc(-c3ccccc3)ccc2-c2ccc(C(C)C)cc2)s1. The highest BCUT2D eigenvalue weighted by Crippen LogP contribution is 2.49. The van der Waals surface area contributed by atoms with E-state index in [-0.39, 0.29) is 0 Å². The normalized spacial score (nSPS) is 11.4. The average Bonchev–Trinajstić information content (AvgIpc) is 3.70. The highest BCUT2D eigenvalue weighted by Gasteiger charge is 2.20. The molecule has 0 amide bonds. The van der Waals surface area contributed by atoms with Crippen molar-refractivity contribution in [2.45, 2.75) is 26.7 Å². The molecular formula is C34H28S3. The molecule has 0 atom stereocenters. The molecule has 0 nitrogen and oxygen atoms in total. The number of thiophene rings is 3. The van der Waals surface area contributed by atoms with Crippen LogP contribution >= 0.6 is 34.0 Å². The van der Waals surface area contributed by atoms with Crippen LogP contribution in [0.3, 0.4) is 0 Å². The molecule has 0 fully saturated rings. The topological polar surface area (TPSA) is 0 Å². The summed E-state index contributed by atoms with van der Waals surface area (Å²) in [5, 5.41) is 2.17. The van der Waals surface area contributed by atoms with Crippen LogP contribution < -0.4 is 0 Å². The van der Waals surface area contributed by atoms with Gasteiger partial charge in [-0.25, -0.2) is 0 Å². The molecule has 0 aliphatic rings. The Morgan fingerprint density at radius 3 is 2.00 bits per heavy atom. The Bertz CT molecular complexity index is 1630. The maximum Gasteiger partial charge on any atom is 0.0528 e. The molecule has 3 heterocycles. The Labute approximate surface area is 231 Å². The first-order chi connectivity index (χ1) is 18.1. The monoisotopic (exact) mass is 532 g/mol. The molecule has 3 aromatic carbocycles. The molecular weight excluding hydrogens is 505 g/mol. The minimum Gasteiger partial charge on any atom is -0.143 e. The Kier molecular flexibility index (Phi) is 6.69. The summed E-state index contributed by atoms with van der Waals surface area (Å²) in [6, 6.07) is 38.1. The van der Waals surface area contributed by atoms with Crippen LogP contribution in [0.15, 0.2) is 109 Å². The van der Waals surface area contributed by atoms with Gasteiger partial charge in [0.05, 0.1) is 4.88 Å². The van der Waals surface area contributed by atoms with Crippen LogP contribution in [0.25, 0.3) is 52.9 Å². The summed E-state index contributed by atoms with van der Waals surface area (Å²) in [5.74, 6) is 0.521. The van der Waals surface area contributed by atoms with E-state index in [1.165, 1.54) is 63.3 Å². The van der Waals surface area contributed by atoms with E-state index in [0.29, 0.717) is 5.92 Å². The highest BCUT2D eigenvalue weighted by atomic mass is 32.1. The maximum atomic E-state index is 2.41. The third-order valence-electron chi connectivity index (χ3n) is 6.77.